The lowest BCUT2D eigenvalue weighted by molar-refractivity contribution is -0.107. The lowest BCUT2D eigenvalue weighted by Gasteiger charge is -2.12. The number of rotatable bonds is 7. The molecule has 7 heteroatoms. The first kappa shape index (κ1) is 16.6. The van der Waals surface area contributed by atoms with Gasteiger partial charge in [0, 0.05) is 12.0 Å². The normalized spacial score (nSPS) is 16.6. The number of aldehydes is 1. The molecule has 0 N–H and O–H groups in total. The highest BCUT2D eigenvalue weighted by Gasteiger charge is 2.24. The summed E-state index contributed by atoms with van der Waals surface area (Å²) in [4.78, 5) is 10.7. The monoisotopic (exact) mass is 350 g/mol. The molecule has 1 unspecified atom stereocenters. The quantitative estimate of drug-likeness (QED) is 0.565. The van der Waals surface area contributed by atoms with E-state index >= 15 is 0 Å². The van der Waals surface area contributed by atoms with Gasteiger partial charge < -0.3 is 14.3 Å². The van der Waals surface area contributed by atoms with E-state index in [4.69, 9.17) is 9.47 Å². The van der Waals surface area contributed by atoms with E-state index in [2.05, 4.69) is 0 Å². The number of carbonyl (C=O) groups is 1. The Morgan fingerprint density at radius 2 is 1.96 bits per heavy atom. The number of hydrogen-bond acceptors (Lipinski definition) is 5. The predicted octanol–water partition coefficient (Wildman–Crippen LogP) is 2.18. The summed E-state index contributed by atoms with van der Waals surface area (Å²) in [5.41, 5.74) is 0.461. The highest BCUT2D eigenvalue weighted by Crippen LogP contribution is 2.28. The van der Waals surface area contributed by atoms with Crippen molar-refractivity contribution in [1.29, 1.82) is 0 Å². The molecule has 1 aliphatic rings. The highest BCUT2D eigenvalue weighted by atomic mass is 32.2. The van der Waals surface area contributed by atoms with Crippen LogP contribution < -0.4 is 4.74 Å². The number of epoxide rings is 1. The van der Waals surface area contributed by atoms with Crippen LogP contribution in [-0.2, 0) is 25.8 Å². The highest BCUT2D eigenvalue weighted by molar-refractivity contribution is 7.91. The molecule has 126 valence electrons. The van der Waals surface area contributed by atoms with Crippen LogP contribution in [0.3, 0.4) is 0 Å². The summed E-state index contributed by atoms with van der Waals surface area (Å²) in [6, 6.07) is 9.08. The summed E-state index contributed by atoms with van der Waals surface area (Å²) in [5.74, 6) is -0.190. The number of halogens is 1. The van der Waals surface area contributed by atoms with E-state index in [1.54, 1.807) is 0 Å². The number of benzene rings is 2. The average Bonchev–Trinajstić information content (AvgIpc) is 3.38. The zero-order chi connectivity index (χ0) is 17.2. The number of sulfone groups is 1. The average molecular weight is 350 g/mol. The van der Waals surface area contributed by atoms with Gasteiger partial charge in [-0.3, -0.25) is 0 Å². The van der Waals surface area contributed by atoms with Gasteiger partial charge in [0.25, 0.3) is 0 Å². The third kappa shape index (κ3) is 3.63. The molecule has 0 aliphatic carbocycles. The Labute approximate surface area is 138 Å². The maximum atomic E-state index is 13.3. The molecule has 1 fully saturated rings. The molecular formula is C17H15FO5S. The molecule has 1 saturated heterocycles. The lowest BCUT2D eigenvalue weighted by Crippen LogP contribution is -2.08. The van der Waals surface area contributed by atoms with Gasteiger partial charge in [-0.05, 0) is 36.4 Å². The molecule has 0 spiro atoms. The molecule has 1 heterocycles. The van der Waals surface area contributed by atoms with Gasteiger partial charge in [0.1, 0.15) is 30.6 Å². The van der Waals surface area contributed by atoms with Crippen LogP contribution >= 0.6 is 0 Å². The Balaban J connectivity index is 1.94. The van der Waals surface area contributed by atoms with Gasteiger partial charge in [-0.2, -0.15) is 0 Å². The fourth-order valence-electron chi connectivity index (χ4n) is 2.23. The molecule has 0 saturated carbocycles. The van der Waals surface area contributed by atoms with Gasteiger partial charge >= 0.3 is 0 Å². The molecular weight excluding hydrogens is 335 g/mol. The standard InChI is InChI=1S/C17H15FO5S/c18-13-2-1-3-15(9-13)24(20,21)16-4-5-17(12(8-16)6-7-19)23-11-14-10-22-14/h1-5,7-9,14H,6,10-11H2. The fourth-order valence-corrected chi connectivity index (χ4v) is 3.57. The predicted molar refractivity (Wildman–Crippen MR) is 83.3 cm³/mol. The fraction of sp³-hybridized carbons (Fsp3) is 0.235. The molecule has 3 rings (SSSR count). The van der Waals surface area contributed by atoms with Crippen LogP contribution in [0.5, 0.6) is 5.75 Å². The molecule has 0 bridgehead atoms. The molecule has 2 aromatic rings. The third-order valence-corrected chi connectivity index (χ3v) is 5.33. The maximum Gasteiger partial charge on any atom is 0.206 e. The van der Waals surface area contributed by atoms with E-state index in [1.807, 2.05) is 0 Å². The molecule has 0 aromatic heterocycles. The van der Waals surface area contributed by atoms with Gasteiger partial charge in [0.05, 0.1) is 16.4 Å². The van der Waals surface area contributed by atoms with Crippen LogP contribution in [0.25, 0.3) is 0 Å². The first-order valence-electron chi connectivity index (χ1n) is 7.32. The van der Waals surface area contributed by atoms with Crippen LogP contribution in [0.2, 0.25) is 0 Å². The summed E-state index contributed by atoms with van der Waals surface area (Å²) >= 11 is 0. The van der Waals surface area contributed by atoms with E-state index in [0.29, 0.717) is 30.8 Å². The van der Waals surface area contributed by atoms with Crippen molar-refractivity contribution in [2.75, 3.05) is 13.2 Å². The summed E-state index contributed by atoms with van der Waals surface area (Å²) in [6.45, 7) is 0.983. The van der Waals surface area contributed by atoms with Crippen molar-refractivity contribution >= 4 is 16.1 Å². The molecule has 1 aliphatic heterocycles. The second-order valence-corrected chi connectivity index (χ2v) is 7.32. The summed E-state index contributed by atoms with van der Waals surface area (Å²) in [7, 11) is -3.87. The summed E-state index contributed by atoms with van der Waals surface area (Å²) in [6.07, 6.45) is 0.742. The van der Waals surface area contributed by atoms with E-state index in [9.17, 15) is 17.6 Å². The van der Waals surface area contributed by atoms with Crippen LogP contribution in [0.1, 0.15) is 5.56 Å². The largest absolute Gasteiger partial charge is 0.490 e. The van der Waals surface area contributed by atoms with Crippen LogP contribution in [0.4, 0.5) is 4.39 Å². The van der Waals surface area contributed by atoms with Crippen molar-refractivity contribution < 1.29 is 27.1 Å². The minimum atomic E-state index is -3.87. The van der Waals surface area contributed by atoms with Crippen molar-refractivity contribution in [3.8, 4) is 5.75 Å². The van der Waals surface area contributed by atoms with Crippen molar-refractivity contribution in [2.24, 2.45) is 0 Å². The first-order chi connectivity index (χ1) is 11.5. The number of ether oxygens (including phenoxy) is 2. The van der Waals surface area contributed by atoms with E-state index in [0.717, 1.165) is 6.07 Å². The molecule has 5 nitrogen and oxygen atoms in total. The second-order valence-electron chi connectivity index (χ2n) is 5.37. The minimum Gasteiger partial charge on any atom is -0.490 e. The van der Waals surface area contributed by atoms with Crippen LogP contribution in [0.15, 0.2) is 52.3 Å². The molecule has 24 heavy (non-hydrogen) atoms. The van der Waals surface area contributed by atoms with Gasteiger partial charge in [-0.15, -0.1) is 0 Å². The first-order valence-corrected chi connectivity index (χ1v) is 8.80. The molecule has 2 aromatic carbocycles. The Bertz CT molecular complexity index is 859. The van der Waals surface area contributed by atoms with Gasteiger partial charge in [0.2, 0.25) is 9.84 Å². The topological polar surface area (TPSA) is 73.0 Å². The Morgan fingerprint density at radius 3 is 2.62 bits per heavy atom. The SMILES string of the molecule is O=CCc1cc(S(=O)(=O)c2cccc(F)c2)ccc1OCC1CO1. The van der Waals surface area contributed by atoms with Crippen molar-refractivity contribution in [2.45, 2.75) is 22.3 Å². The van der Waals surface area contributed by atoms with Crippen LogP contribution in [-0.4, -0.2) is 34.0 Å². The van der Waals surface area contributed by atoms with E-state index in [-0.39, 0.29) is 22.3 Å². The van der Waals surface area contributed by atoms with Gasteiger partial charge in [0.15, 0.2) is 0 Å². The van der Waals surface area contributed by atoms with Gasteiger partial charge in [-0.25, -0.2) is 12.8 Å². The zero-order valence-electron chi connectivity index (χ0n) is 12.6. The molecule has 0 amide bonds. The number of hydrogen-bond donors (Lipinski definition) is 0. The van der Waals surface area contributed by atoms with E-state index in [1.165, 1.54) is 36.4 Å². The summed E-state index contributed by atoms with van der Waals surface area (Å²) in [5, 5.41) is 0. The lowest BCUT2D eigenvalue weighted by atomic mass is 10.1. The van der Waals surface area contributed by atoms with E-state index < -0.39 is 15.7 Å². The Morgan fingerprint density at radius 1 is 1.21 bits per heavy atom. The number of carbonyl (C=O) groups excluding carboxylic acids is 1. The van der Waals surface area contributed by atoms with Crippen LogP contribution in [0, 0.1) is 5.82 Å². The maximum absolute atomic E-state index is 13.3. The minimum absolute atomic E-state index is 0.0139. The Kier molecular flexibility index (Phi) is 4.64. The third-order valence-electron chi connectivity index (χ3n) is 3.58. The zero-order valence-corrected chi connectivity index (χ0v) is 13.5. The molecule has 0 radical (unpaired) electrons. The van der Waals surface area contributed by atoms with Crippen molar-refractivity contribution in [3.63, 3.8) is 0 Å². The van der Waals surface area contributed by atoms with Gasteiger partial charge in [-0.1, -0.05) is 6.07 Å². The molecule has 1 atom stereocenters. The van der Waals surface area contributed by atoms with Crippen molar-refractivity contribution in [1.82, 2.24) is 0 Å². The van der Waals surface area contributed by atoms with Crippen molar-refractivity contribution in [3.05, 3.63) is 53.8 Å². The summed E-state index contributed by atoms with van der Waals surface area (Å²) < 4.78 is 49.2. The smallest absolute Gasteiger partial charge is 0.206 e. The second kappa shape index (κ2) is 6.70. The Hall–Kier alpha value is -2.25.